The predicted molar refractivity (Wildman–Crippen MR) is 150 cm³/mol. The average Bonchev–Trinajstić information content (AvgIpc) is 3.75. The van der Waals surface area contributed by atoms with Crippen molar-refractivity contribution in [1.82, 2.24) is 39.0 Å². The topological polar surface area (TPSA) is 335 Å². The molecule has 0 bridgehead atoms. The SMILES string of the molecule is CC[C@H]1C2OP(=O)([O-])OC[C@H]3O[C@@H](n4cnc5c(=O)[nH]c(N)nc54)[C@@H](O)C3OP(=O)([O-])OC[C@H]2O[C@H]1n1cnc2c(=O)[nH]c(N)nc21. The number of nitrogen functional groups attached to an aromatic ring is 2. The van der Waals surface area contributed by atoms with Crippen molar-refractivity contribution < 1.29 is 51.6 Å². The summed E-state index contributed by atoms with van der Waals surface area (Å²) in [7, 11) is -10.5. The summed E-state index contributed by atoms with van der Waals surface area (Å²) in [6, 6.07) is 0. The van der Waals surface area contributed by atoms with Crippen LogP contribution in [0, 0.1) is 5.92 Å². The monoisotopic (exact) mass is 700 g/mol. The van der Waals surface area contributed by atoms with E-state index in [2.05, 4.69) is 29.9 Å². The number of nitrogens with one attached hydrogen (secondary N) is 2. The Bertz CT molecular complexity index is 2070. The molecule has 0 radical (unpaired) electrons. The van der Waals surface area contributed by atoms with Gasteiger partial charge < -0.3 is 53.9 Å². The standard InChI is InChI=1S/C22H28N10O13P2/c1-2-7-13-8(42-19(7)31-5-25-10-15(31)27-21(23)29-17(10)34)3-40-47(38,39)45-14-9(4-41-46(36,37)44-13)43-20(12(14)33)32-6-26-11-16(32)28-22(24)30-18(11)35/h5-9,12-14,19-20,33H,2-4H2,1H3,(H,36,37)(H,38,39)(H3,23,27,29,34)(H3,24,28,30,35)/p-2/t7-,8+,9+,12-,13?,14?,19+,20+/m0/s1. The number of hydrogen-bond donors (Lipinski definition) is 5. The number of hydrogen-bond acceptors (Lipinski definition) is 19. The Morgan fingerprint density at radius 2 is 1.34 bits per heavy atom. The average molecular weight is 700 g/mol. The van der Waals surface area contributed by atoms with Gasteiger partial charge in [-0.2, -0.15) is 9.97 Å². The van der Waals surface area contributed by atoms with E-state index < -0.39 is 88.9 Å². The highest BCUT2D eigenvalue weighted by molar-refractivity contribution is 7.46. The number of imidazole rings is 2. The minimum atomic E-state index is -5.29. The smallest absolute Gasteiger partial charge is 0.280 e. The second kappa shape index (κ2) is 11.5. The Labute approximate surface area is 261 Å². The molecule has 4 aromatic rings. The molecule has 0 amide bonds. The minimum absolute atomic E-state index is 0.0222. The highest BCUT2D eigenvalue weighted by Gasteiger charge is 2.51. The molecular weight excluding hydrogens is 674 g/mol. The molecule has 4 aromatic heterocycles. The van der Waals surface area contributed by atoms with Gasteiger partial charge in [0.2, 0.25) is 11.9 Å². The van der Waals surface area contributed by atoms with E-state index >= 15 is 0 Å². The van der Waals surface area contributed by atoms with E-state index in [-0.39, 0.29) is 40.6 Å². The van der Waals surface area contributed by atoms with E-state index in [0.29, 0.717) is 0 Å². The molecule has 254 valence electrons. The minimum Gasteiger partial charge on any atom is -0.756 e. The first-order valence-electron chi connectivity index (χ1n) is 14.0. The predicted octanol–water partition coefficient (Wildman–Crippen LogP) is -2.65. The van der Waals surface area contributed by atoms with Crippen molar-refractivity contribution in [2.75, 3.05) is 24.7 Å². The number of aromatic amines is 2. The van der Waals surface area contributed by atoms with Gasteiger partial charge in [0.1, 0.15) is 36.7 Å². The lowest BCUT2D eigenvalue weighted by molar-refractivity contribution is -0.244. The van der Waals surface area contributed by atoms with Crippen LogP contribution in [0.1, 0.15) is 25.8 Å². The largest absolute Gasteiger partial charge is 0.756 e. The molecule has 7 N–H and O–H groups in total. The van der Waals surface area contributed by atoms with E-state index in [1.807, 2.05) is 0 Å². The fourth-order valence-electron chi connectivity index (χ4n) is 5.94. The van der Waals surface area contributed by atoms with Gasteiger partial charge in [-0.25, -0.2) is 9.97 Å². The van der Waals surface area contributed by atoms with E-state index in [9.17, 15) is 33.6 Å². The van der Waals surface area contributed by atoms with Crippen molar-refractivity contribution in [3.05, 3.63) is 33.4 Å². The number of phosphoric ester groups is 2. The normalized spacial score (nSPS) is 36.6. The van der Waals surface area contributed by atoms with E-state index in [0.717, 1.165) is 10.9 Å². The van der Waals surface area contributed by atoms with Crippen molar-refractivity contribution in [2.24, 2.45) is 5.92 Å². The van der Waals surface area contributed by atoms with Gasteiger partial charge in [-0.3, -0.25) is 37.8 Å². The van der Waals surface area contributed by atoms with E-state index in [1.165, 1.54) is 10.9 Å². The number of phosphoric acid groups is 2. The molecule has 3 fully saturated rings. The van der Waals surface area contributed by atoms with Crippen LogP contribution in [0.3, 0.4) is 0 Å². The fourth-order valence-corrected chi connectivity index (χ4v) is 7.87. The Morgan fingerprint density at radius 1 is 0.872 bits per heavy atom. The zero-order chi connectivity index (χ0) is 33.4. The quantitative estimate of drug-likeness (QED) is 0.136. The van der Waals surface area contributed by atoms with Crippen LogP contribution < -0.4 is 32.4 Å². The van der Waals surface area contributed by atoms with E-state index in [4.69, 9.17) is 39.0 Å². The number of anilines is 2. The van der Waals surface area contributed by atoms with Gasteiger partial charge in [-0.05, 0) is 6.42 Å². The number of aliphatic hydroxyl groups excluding tert-OH is 1. The molecule has 3 saturated heterocycles. The third kappa shape index (κ3) is 5.68. The van der Waals surface area contributed by atoms with Crippen molar-refractivity contribution in [3.63, 3.8) is 0 Å². The molecule has 10 atom stereocenters. The van der Waals surface area contributed by atoms with Gasteiger partial charge in [-0.1, -0.05) is 6.92 Å². The lowest BCUT2D eigenvalue weighted by atomic mass is 9.97. The van der Waals surface area contributed by atoms with Crippen LogP contribution in [0.15, 0.2) is 22.2 Å². The Hall–Kier alpha value is -3.60. The van der Waals surface area contributed by atoms with Crippen LogP contribution in [0.2, 0.25) is 0 Å². The number of aromatic nitrogens is 8. The highest BCUT2D eigenvalue weighted by atomic mass is 31.2. The molecule has 7 rings (SSSR count). The molecule has 0 spiro atoms. The fraction of sp³-hybridized carbons (Fsp3) is 0.545. The maximum Gasteiger partial charge on any atom is 0.280 e. The van der Waals surface area contributed by atoms with E-state index in [1.54, 1.807) is 6.92 Å². The Kier molecular flexibility index (Phi) is 7.84. The van der Waals surface area contributed by atoms with Gasteiger partial charge in [0.15, 0.2) is 28.6 Å². The number of aliphatic hydroxyl groups is 1. The molecule has 3 aliphatic rings. The first kappa shape index (κ1) is 32.0. The summed E-state index contributed by atoms with van der Waals surface area (Å²) in [5.41, 5.74) is 9.68. The van der Waals surface area contributed by atoms with Crippen molar-refractivity contribution >= 4 is 49.9 Å². The zero-order valence-electron chi connectivity index (χ0n) is 24.0. The summed E-state index contributed by atoms with van der Waals surface area (Å²) in [6.07, 6.45) is -7.85. The molecule has 4 unspecified atom stereocenters. The van der Waals surface area contributed by atoms with Gasteiger partial charge >= 0.3 is 0 Å². The first-order valence-corrected chi connectivity index (χ1v) is 16.9. The number of H-pyrrole nitrogens is 2. The number of ether oxygens (including phenoxy) is 2. The van der Waals surface area contributed by atoms with Crippen LogP contribution in [-0.2, 0) is 36.7 Å². The first-order chi connectivity index (χ1) is 22.2. The summed E-state index contributed by atoms with van der Waals surface area (Å²) in [5.74, 6) is -1.29. The summed E-state index contributed by atoms with van der Waals surface area (Å²) in [4.78, 5) is 71.5. The van der Waals surface area contributed by atoms with Crippen molar-refractivity contribution in [3.8, 4) is 0 Å². The lowest BCUT2D eigenvalue weighted by Gasteiger charge is -2.35. The van der Waals surface area contributed by atoms with Gasteiger partial charge in [0.25, 0.3) is 26.8 Å². The maximum atomic E-state index is 13.2. The third-order valence-electron chi connectivity index (χ3n) is 7.99. The Balaban J connectivity index is 1.19. The molecule has 0 aliphatic carbocycles. The van der Waals surface area contributed by atoms with Crippen LogP contribution >= 0.6 is 15.6 Å². The zero-order valence-corrected chi connectivity index (χ0v) is 25.8. The summed E-state index contributed by atoms with van der Waals surface area (Å²) in [5, 5.41) is 11.1. The van der Waals surface area contributed by atoms with Crippen LogP contribution in [0.5, 0.6) is 0 Å². The summed E-state index contributed by atoms with van der Waals surface area (Å²) >= 11 is 0. The molecule has 3 aliphatic heterocycles. The third-order valence-corrected chi connectivity index (χ3v) is 9.93. The van der Waals surface area contributed by atoms with Crippen LogP contribution in [-0.4, -0.2) is 87.9 Å². The number of rotatable bonds is 3. The van der Waals surface area contributed by atoms with Crippen LogP contribution in [0.4, 0.5) is 11.9 Å². The molecule has 47 heavy (non-hydrogen) atoms. The number of nitrogens with two attached hydrogens (primary N) is 2. The second-order valence-corrected chi connectivity index (χ2v) is 13.6. The summed E-state index contributed by atoms with van der Waals surface area (Å²) < 4.78 is 61.4. The number of nitrogens with zero attached hydrogens (tertiary/aromatic N) is 6. The summed E-state index contributed by atoms with van der Waals surface area (Å²) in [6.45, 7) is 0.0276. The van der Waals surface area contributed by atoms with Gasteiger partial charge in [-0.15, -0.1) is 0 Å². The van der Waals surface area contributed by atoms with Crippen molar-refractivity contribution in [1.29, 1.82) is 0 Å². The van der Waals surface area contributed by atoms with Crippen molar-refractivity contribution in [2.45, 2.75) is 56.3 Å². The second-order valence-electron chi connectivity index (χ2n) is 10.9. The number of fused-ring (bicyclic) bond motifs is 4. The molecule has 0 aromatic carbocycles. The molecule has 7 heterocycles. The molecule has 23 nitrogen and oxygen atoms in total. The maximum absolute atomic E-state index is 13.2. The van der Waals surface area contributed by atoms with Gasteiger partial charge in [0.05, 0.1) is 25.9 Å². The Morgan fingerprint density at radius 3 is 1.87 bits per heavy atom. The van der Waals surface area contributed by atoms with Gasteiger partial charge in [0, 0.05) is 5.92 Å². The lowest BCUT2D eigenvalue weighted by Crippen LogP contribution is -2.40. The molecule has 25 heteroatoms. The molecule has 0 saturated carbocycles. The van der Waals surface area contributed by atoms with Crippen LogP contribution in [0.25, 0.3) is 22.3 Å². The highest BCUT2D eigenvalue weighted by Crippen LogP contribution is 2.52. The molecular formula is C22H26N10O13P2-2.